The fraction of sp³-hybridized carbons (Fsp3) is 0.231. The standard InChI is InChI=1S/C26H28BrN3O4S/c1-19-9-13-22(14-10-19)30(35(32,33)23-15-16-25(34-3)24(27)17-23)18-26(31)29-28-20(2)11-12-21-7-5-4-6-8-21/h4-10,13-17H,11-12,18H2,1-3H3,(H,29,31)/b28-20-. The van der Waals surface area contributed by atoms with Crippen molar-refractivity contribution in [2.45, 2.75) is 31.6 Å². The SMILES string of the molecule is COc1ccc(S(=O)(=O)N(CC(=O)N/N=C(/C)CCc2ccccc2)c2ccc(C)cc2)cc1Br. The lowest BCUT2D eigenvalue weighted by molar-refractivity contribution is -0.119. The van der Waals surface area contributed by atoms with Gasteiger partial charge in [-0.2, -0.15) is 5.10 Å². The maximum atomic E-state index is 13.6. The van der Waals surface area contributed by atoms with E-state index in [4.69, 9.17) is 4.74 Å². The molecular weight excluding hydrogens is 530 g/mol. The molecule has 184 valence electrons. The van der Waals surface area contributed by atoms with Crippen molar-refractivity contribution in [1.82, 2.24) is 5.43 Å². The average Bonchev–Trinajstić information content (AvgIpc) is 2.86. The summed E-state index contributed by atoms with van der Waals surface area (Å²) in [7, 11) is -2.56. The van der Waals surface area contributed by atoms with E-state index in [9.17, 15) is 13.2 Å². The van der Waals surface area contributed by atoms with E-state index < -0.39 is 22.5 Å². The minimum atomic E-state index is -4.06. The molecular formula is C26H28BrN3O4S. The Hall–Kier alpha value is -3.17. The monoisotopic (exact) mass is 557 g/mol. The molecule has 9 heteroatoms. The van der Waals surface area contributed by atoms with Crippen molar-refractivity contribution >= 4 is 43.3 Å². The molecule has 0 unspecified atom stereocenters. The van der Waals surface area contributed by atoms with Crippen molar-refractivity contribution in [3.05, 3.63) is 88.4 Å². The van der Waals surface area contributed by atoms with E-state index >= 15 is 0 Å². The number of methoxy groups -OCH3 is 1. The van der Waals surface area contributed by atoms with Gasteiger partial charge in [0.1, 0.15) is 12.3 Å². The summed E-state index contributed by atoms with van der Waals surface area (Å²) >= 11 is 3.33. The van der Waals surface area contributed by atoms with Crippen molar-refractivity contribution < 1.29 is 17.9 Å². The van der Waals surface area contributed by atoms with Crippen LogP contribution in [0.5, 0.6) is 5.75 Å². The van der Waals surface area contributed by atoms with E-state index in [2.05, 4.69) is 26.5 Å². The third-order valence-electron chi connectivity index (χ3n) is 5.31. The number of amides is 1. The zero-order chi connectivity index (χ0) is 25.4. The molecule has 0 saturated heterocycles. The van der Waals surface area contributed by atoms with Crippen molar-refractivity contribution in [2.24, 2.45) is 5.10 Å². The minimum Gasteiger partial charge on any atom is -0.496 e. The van der Waals surface area contributed by atoms with E-state index in [0.29, 0.717) is 22.3 Å². The quantitative estimate of drug-likeness (QED) is 0.278. The van der Waals surface area contributed by atoms with E-state index in [1.807, 2.05) is 44.2 Å². The fourth-order valence-electron chi connectivity index (χ4n) is 3.31. The normalized spacial score (nSPS) is 11.7. The number of hydrazone groups is 1. The maximum Gasteiger partial charge on any atom is 0.264 e. The van der Waals surface area contributed by atoms with Crippen LogP contribution in [0.4, 0.5) is 5.69 Å². The van der Waals surface area contributed by atoms with Crippen molar-refractivity contribution in [3.63, 3.8) is 0 Å². The van der Waals surface area contributed by atoms with Gasteiger partial charge in [-0.05, 0) is 78.5 Å². The molecule has 3 aromatic rings. The Kier molecular flexibility index (Phi) is 9.06. The van der Waals surface area contributed by atoms with Gasteiger partial charge in [0.25, 0.3) is 15.9 Å². The highest BCUT2D eigenvalue weighted by Crippen LogP contribution is 2.30. The van der Waals surface area contributed by atoms with Crippen LogP contribution >= 0.6 is 15.9 Å². The summed E-state index contributed by atoms with van der Waals surface area (Å²) in [5.74, 6) is -0.0373. The van der Waals surface area contributed by atoms with Crippen LogP contribution in [0.2, 0.25) is 0 Å². The number of rotatable bonds is 10. The summed E-state index contributed by atoms with van der Waals surface area (Å²) in [6.07, 6.45) is 1.46. The molecule has 0 atom stereocenters. The van der Waals surface area contributed by atoms with E-state index in [1.54, 1.807) is 30.3 Å². The van der Waals surface area contributed by atoms with Crippen molar-refractivity contribution in [1.29, 1.82) is 0 Å². The summed E-state index contributed by atoms with van der Waals surface area (Å²) in [6.45, 7) is 3.31. The Morgan fingerprint density at radius 1 is 1.06 bits per heavy atom. The smallest absolute Gasteiger partial charge is 0.264 e. The molecule has 0 heterocycles. The Morgan fingerprint density at radius 3 is 2.37 bits per heavy atom. The van der Waals surface area contributed by atoms with Crippen LogP contribution in [0.15, 0.2) is 87.3 Å². The van der Waals surface area contributed by atoms with Gasteiger partial charge in [-0.25, -0.2) is 13.8 Å². The number of carbonyl (C=O) groups excluding carboxylic acids is 1. The number of benzene rings is 3. The zero-order valence-corrected chi connectivity index (χ0v) is 22.3. The Balaban J connectivity index is 1.79. The first-order valence-corrected chi connectivity index (χ1v) is 13.2. The first-order chi connectivity index (χ1) is 16.7. The second kappa shape index (κ2) is 12.0. The Bertz CT molecular complexity index is 1290. The molecule has 1 amide bonds. The molecule has 0 aromatic heterocycles. The van der Waals surface area contributed by atoms with Gasteiger partial charge in [0.15, 0.2) is 0 Å². The van der Waals surface area contributed by atoms with Gasteiger partial charge in [-0.15, -0.1) is 0 Å². The highest BCUT2D eigenvalue weighted by atomic mass is 79.9. The van der Waals surface area contributed by atoms with Gasteiger partial charge >= 0.3 is 0 Å². The lowest BCUT2D eigenvalue weighted by atomic mass is 10.1. The number of hydrogen-bond acceptors (Lipinski definition) is 5. The maximum absolute atomic E-state index is 13.6. The van der Waals surface area contributed by atoms with Gasteiger partial charge in [0.05, 0.1) is 22.2 Å². The van der Waals surface area contributed by atoms with Gasteiger partial charge in [-0.3, -0.25) is 9.10 Å². The molecule has 0 radical (unpaired) electrons. The second-order valence-corrected chi connectivity index (χ2v) is 10.7. The molecule has 7 nitrogen and oxygen atoms in total. The van der Waals surface area contributed by atoms with Crippen LogP contribution < -0.4 is 14.5 Å². The van der Waals surface area contributed by atoms with Crippen LogP contribution in [-0.4, -0.2) is 33.7 Å². The van der Waals surface area contributed by atoms with E-state index in [1.165, 1.54) is 24.8 Å². The van der Waals surface area contributed by atoms with Crippen LogP contribution in [0.1, 0.15) is 24.5 Å². The molecule has 3 rings (SSSR count). The van der Waals surface area contributed by atoms with E-state index in [-0.39, 0.29) is 4.90 Å². The molecule has 3 aromatic carbocycles. The van der Waals surface area contributed by atoms with E-state index in [0.717, 1.165) is 22.0 Å². The second-order valence-electron chi connectivity index (χ2n) is 8.01. The van der Waals surface area contributed by atoms with Gasteiger partial charge in [0.2, 0.25) is 0 Å². The molecule has 0 bridgehead atoms. The molecule has 35 heavy (non-hydrogen) atoms. The highest BCUT2D eigenvalue weighted by molar-refractivity contribution is 9.10. The number of halogens is 1. The van der Waals surface area contributed by atoms with Crippen LogP contribution in [0.25, 0.3) is 0 Å². The zero-order valence-electron chi connectivity index (χ0n) is 19.9. The number of sulfonamides is 1. The number of anilines is 1. The predicted molar refractivity (Wildman–Crippen MR) is 142 cm³/mol. The largest absolute Gasteiger partial charge is 0.496 e. The summed E-state index contributed by atoms with van der Waals surface area (Å²) in [5.41, 5.74) is 5.77. The summed E-state index contributed by atoms with van der Waals surface area (Å²) in [6, 6.07) is 21.4. The summed E-state index contributed by atoms with van der Waals surface area (Å²) < 4.78 is 33.9. The molecule has 0 aliphatic carbocycles. The average molecular weight is 558 g/mol. The molecule has 0 spiro atoms. The Labute approximate surface area is 215 Å². The van der Waals surface area contributed by atoms with Crippen LogP contribution in [0, 0.1) is 6.92 Å². The Morgan fingerprint density at radius 2 is 1.74 bits per heavy atom. The van der Waals surface area contributed by atoms with Crippen LogP contribution in [0.3, 0.4) is 0 Å². The molecule has 0 aliphatic heterocycles. The molecule has 1 N–H and O–H groups in total. The van der Waals surface area contributed by atoms with Gasteiger partial charge in [-0.1, -0.05) is 48.0 Å². The number of carbonyl (C=O) groups is 1. The van der Waals surface area contributed by atoms with Crippen molar-refractivity contribution in [3.8, 4) is 5.75 Å². The number of nitrogens with zero attached hydrogens (tertiary/aromatic N) is 2. The lowest BCUT2D eigenvalue weighted by Gasteiger charge is -2.24. The molecule has 0 fully saturated rings. The third-order valence-corrected chi connectivity index (χ3v) is 7.70. The molecule has 0 saturated carbocycles. The number of nitrogens with one attached hydrogen (secondary N) is 1. The summed E-state index contributed by atoms with van der Waals surface area (Å²) in [4.78, 5) is 12.8. The van der Waals surface area contributed by atoms with Crippen molar-refractivity contribution in [2.75, 3.05) is 18.0 Å². The predicted octanol–water partition coefficient (Wildman–Crippen LogP) is 5.09. The van der Waals surface area contributed by atoms with Crippen LogP contribution in [-0.2, 0) is 21.2 Å². The summed E-state index contributed by atoms with van der Waals surface area (Å²) in [5, 5.41) is 4.16. The third kappa shape index (κ3) is 7.16. The highest BCUT2D eigenvalue weighted by Gasteiger charge is 2.28. The lowest BCUT2D eigenvalue weighted by Crippen LogP contribution is -2.39. The first kappa shape index (κ1) is 26.4. The number of aryl methyl sites for hydroxylation is 2. The number of hydrogen-bond donors (Lipinski definition) is 1. The molecule has 0 aliphatic rings. The van der Waals surface area contributed by atoms with Gasteiger partial charge < -0.3 is 4.74 Å². The first-order valence-electron chi connectivity index (χ1n) is 11.0. The number of ether oxygens (including phenoxy) is 1. The topological polar surface area (TPSA) is 88.1 Å². The minimum absolute atomic E-state index is 0.0288. The fourth-order valence-corrected chi connectivity index (χ4v) is 5.45. The van der Waals surface area contributed by atoms with Gasteiger partial charge in [0, 0.05) is 5.71 Å².